The molecule has 0 aromatic heterocycles. The number of rotatable bonds is 5. The molecule has 0 spiro atoms. The second kappa shape index (κ2) is 4.58. The number of carbonyl (C=O) groups is 1. The third kappa shape index (κ3) is 2.33. The van der Waals surface area contributed by atoms with Crippen LogP contribution < -0.4 is 5.32 Å². The largest absolute Gasteiger partial charge is 0.480 e. The van der Waals surface area contributed by atoms with E-state index >= 15 is 0 Å². The van der Waals surface area contributed by atoms with Gasteiger partial charge < -0.3 is 10.4 Å². The number of fused-ring (bicyclic) bond motifs is 2. The van der Waals surface area contributed by atoms with E-state index in [2.05, 4.69) is 17.1 Å². The van der Waals surface area contributed by atoms with Gasteiger partial charge in [0.1, 0.15) is 5.54 Å². The average molecular weight is 240 g/mol. The molecule has 4 heteroatoms. The first-order valence-electron chi connectivity index (χ1n) is 6.64. The Labute approximate surface area is 103 Å². The van der Waals surface area contributed by atoms with Crippen LogP contribution in [0.4, 0.5) is 0 Å². The van der Waals surface area contributed by atoms with Crippen molar-refractivity contribution >= 4 is 5.97 Å². The summed E-state index contributed by atoms with van der Waals surface area (Å²) in [5, 5.41) is 12.2. The number of carboxylic acids is 1. The second-order valence-electron chi connectivity index (χ2n) is 5.97. The predicted octanol–water partition coefficient (Wildman–Crippen LogP) is 1.31. The zero-order valence-corrected chi connectivity index (χ0v) is 11.1. The summed E-state index contributed by atoms with van der Waals surface area (Å²) in [5.41, 5.74) is -0.804. The number of likely N-dealkylation sites (N-methyl/N-ethyl adjacent to an activating group) is 1. The summed E-state index contributed by atoms with van der Waals surface area (Å²) in [6, 6.07) is 1.06. The molecule has 98 valence electrons. The van der Waals surface area contributed by atoms with Gasteiger partial charge in [-0.1, -0.05) is 0 Å². The molecule has 1 saturated heterocycles. The van der Waals surface area contributed by atoms with Crippen LogP contribution in [0.15, 0.2) is 0 Å². The zero-order valence-electron chi connectivity index (χ0n) is 11.1. The lowest BCUT2D eigenvalue weighted by Gasteiger charge is -2.37. The Hall–Kier alpha value is -0.610. The van der Waals surface area contributed by atoms with E-state index in [0.717, 1.165) is 5.92 Å². The molecule has 17 heavy (non-hydrogen) atoms. The van der Waals surface area contributed by atoms with Gasteiger partial charge in [0.2, 0.25) is 0 Å². The molecule has 4 unspecified atom stereocenters. The standard InChI is InChI=1S/C13H24N2O2/c1-9(7-13(2,14-3)12(16)17)15-8-10-4-5-11(15)6-10/h9-11,14H,4-8H2,1-3H3,(H,16,17). The van der Waals surface area contributed by atoms with Crippen LogP contribution in [0.5, 0.6) is 0 Å². The lowest BCUT2D eigenvalue weighted by atomic mass is 9.92. The Kier molecular flexibility index (Phi) is 3.46. The Morgan fingerprint density at radius 2 is 2.29 bits per heavy atom. The van der Waals surface area contributed by atoms with E-state index in [1.807, 2.05) is 0 Å². The molecular formula is C13H24N2O2. The van der Waals surface area contributed by atoms with Gasteiger partial charge in [0.25, 0.3) is 0 Å². The van der Waals surface area contributed by atoms with Crippen LogP contribution in [0.25, 0.3) is 0 Å². The lowest BCUT2D eigenvalue weighted by Crippen LogP contribution is -2.53. The molecule has 2 aliphatic rings. The molecule has 1 saturated carbocycles. The van der Waals surface area contributed by atoms with Crippen LogP contribution in [0.2, 0.25) is 0 Å². The van der Waals surface area contributed by atoms with Gasteiger partial charge in [-0.2, -0.15) is 0 Å². The molecule has 1 aliphatic carbocycles. The summed E-state index contributed by atoms with van der Waals surface area (Å²) in [7, 11) is 1.73. The van der Waals surface area contributed by atoms with Crippen LogP contribution in [-0.4, -0.2) is 47.2 Å². The maximum absolute atomic E-state index is 11.3. The number of hydrogen-bond acceptors (Lipinski definition) is 3. The van der Waals surface area contributed by atoms with E-state index < -0.39 is 11.5 Å². The Morgan fingerprint density at radius 3 is 2.71 bits per heavy atom. The minimum Gasteiger partial charge on any atom is -0.480 e. The number of carboxylic acid groups (broad SMARTS) is 1. The van der Waals surface area contributed by atoms with Gasteiger partial charge in [-0.3, -0.25) is 9.69 Å². The number of hydrogen-bond donors (Lipinski definition) is 2. The van der Waals surface area contributed by atoms with Gasteiger partial charge in [0, 0.05) is 18.6 Å². The highest BCUT2D eigenvalue weighted by molar-refractivity contribution is 5.78. The summed E-state index contributed by atoms with van der Waals surface area (Å²) in [4.78, 5) is 13.8. The van der Waals surface area contributed by atoms with Crippen LogP contribution >= 0.6 is 0 Å². The molecule has 2 fully saturated rings. The highest BCUT2D eigenvalue weighted by atomic mass is 16.4. The molecular weight excluding hydrogens is 216 g/mol. The van der Waals surface area contributed by atoms with Crippen molar-refractivity contribution in [1.29, 1.82) is 0 Å². The highest BCUT2D eigenvalue weighted by Crippen LogP contribution is 2.39. The van der Waals surface area contributed by atoms with E-state index in [0.29, 0.717) is 18.5 Å². The summed E-state index contributed by atoms with van der Waals surface area (Å²) < 4.78 is 0. The summed E-state index contributed by atoms with van der Waals surface area (Å²) in [6.45, 7) is 5.12. The van der Waals surface area contributed by atoms with Crippen molar-refractivity contribution in [1.82, 2.24) is 10.2 Å². The predicted molar refractivity (Wildman–Crippen MR) is 67.0 cm³/mol. The fourth-order valence-electron chi connectivity index (χ4n) is 3.51. The van der Waals surface area contributed by atoms with E-state index in [-0.39, 0.29) is 0 Å². The molecule has 2 rings (SSSR count). The van der Waals surface area contributed by atoms with Crippen LogP contribution in [-0.2, 0) is 4.79 Å². The quantitative estimate of drug-likeness (QED) is 0.761. The maximum Gasteiger partial charge on any atom is 0.323 e. The van der Waals surface area contributed by atoms with E-state index in [1.54, 1.807) is 14.0 Å². The fourth-order valence-corrected chi connectivity index (χ4v) is 3.51. The van der Waals surface area contributed by atoms with Crippen molar-refractivity contribution in [2.24, 2.45) is 5.92 Å². The minimum atomic E-state index is -0.804. The smallest absolute Gasteiger partial charge is 0.323 e. The van der Waals surface area contributed by atoms with Crippen molar-refractivity contribution in [3.63, 3.8) is 0 Å². The number of nitrogens with zero attached hydrogens (tertiary/aromatic N) is 1. The SMILES string of the molecule is CNC(C)(CC(C)N1CC2CCC1C2)C(=O)O. The van der Waals surface area contributed by atoms with Crippen molar-refractivity contribution in [2.45, 2.75) is 57.2 Å². The van der Waals surface area contributed by atoms with Gasteiger partial charge in [-0.05, 0) is 52.5 Å². The van der Waals surface area contributed by atoms with Gasteiger partial charge in [-0.25, -0.2) is 0 Å². The molecule has 4 nitrogen and oxygen atoms in total. The normalized spacial score (nSPS) is 33.6. The number of likely N-dealkylation sites (tertiary alicyclic amines) is 1. The second-order valence-corrected chi connectivity index (χ2v) is 5.97. The van der Waals surface area contributed by atoms with Gasteiger partial charge in [0.15, 0.2) is 0 Å². The van der Waals surface area contributed by atoms with Crippen LogP contribution in [0, 0.1) is 5.92 Å². The third-order valence-corrected chi connectivity index (χ3v) is 4.75. The van der Waals surface area contributed by atoms with E-state index in [1.165, 1.54) is 25.8 Å². The number of piperidine rings is 1. The molecule has 1 heterocycles. The summed E-state index contributed by atoms with van der Waals surface area (Å²) >= 11 is 0. The van der Waals surface area contributed by atoms with Crippen molar-refractivity contribution in [3.8, 4) is 0 Å². The maximum atomic E-state index is 11.3. The first-order chi connectivity index (χ1) is 7.96. The van der Waals surface area contributed by atoms with Crippen LogP contribution in [0.3, 0.4) is 0 Å². The first-order valence-corrected chi connectivity index (χ1v) is 6.64. The molecule has 0 amide bonds. The van der Waals surface area contributed by atoms with E-state index in [9.17, 15) is 9.90 Å². The Morgan fingerprint density at radius 1 is 1.59 bits per heavy atom. The Bertz CT molecular complexity index is 308. The van der Waals surface area contributed by atoms with Gasteiger partial charge >= 0.3 is 5.97 Å². The van der Waals surface area contributed by atoms with Gasteiger partial charge in [0.05, 0.1) is 0 Å². The molecule has 2 bridgehead atoms. The number of aliphatic carboxylic acids is 1. The van der Waals surface area contributed by atoms with E-state index in [4.69, 9.17) is 0 Å². The fraction of sp³-hybridized carbons (Fsp3) is 0.923. The van der Waals surface area contributed by atoms with Crippen molar-refractivity contribution in [2.75, 3.05) is 13.6 Å². The summed E-state index contributed by atoms with van der Waals surface area (Å²) in [6.07, 6.45) is 4.67. The molecule has 0 radical (unpaired) electrons. The molecule has 0 aromatic rings. The van der Waals surface area contributed by atoms with Crippen molar-refractivity contribution in [3.05, 3.63) is 0 Å². The average Bonchev–Trinajstić information content (AvgIpc) is 2.90. The Balaban J connectivity index is 1.97. The summed E-state index contributed by atoms with van der Waals surface area (Å²) in [5.74, 6) is 0.115. The third-order valence-electron chi connectivity index (χ3n) is 4.75. The number of nitrogens with one attached hydrogen (secondary N) is 1. The minimum absolute atomic E-state index is 0.346. The topological polar surface area (TPSA) is 52.6 Å². The van der Waals surface area contributed by atoms with Crippen LogP contribution in [0.1, 0.15) is 39.5 Å². The molecule has 2 N–H and O–H groups in total. The molecule has 0 aromatic carbocycles. The van der Waals surface area contributed by atoms with Gasteiger partial charge in [-0.15, -0.1) is 0 Å². The monoisotopic (exact) mass is 240 g/mol. The molecule has 4 atom stereocenters. The lowest BCUT2D eigenvalue weighted by molar-refractivity contribution is -0.144. The molecule has 1 aliphatic heterocycles. The van der Waals surface area contributed by atoms with Crippen molar-refractivity contribution < 1.29 is 9.90 Å². The highest BCUT2D eigenvalue weighted by Gasteiger charge is 2.42. The zero-order chi connectivity index (χ0) is 12.6. The first kappa shape index (κ1) is 12.8.